The van der Waals surface area contributed by atoms with Crippen LogP contribution in [0.15, 0.2) is 42.5 Å². The molecule has 10 nitrogen and oxygen atoms in total. The van der Waals surface area contributed by atoms with Gasteiger partial charge >= 0.3 is 6.03 Å². The second-order valence-electron chi connectivity index (χ2n) is 14.8. The summed E-state index contributed by atoms with van der Waals surface area (Å²) in [6, 6.07) is 12.3. The second kappa shape index (κ2) is 14.1. The minimum absolute atomic E-state index is 0.0736. The number of nitrogens with one attached hydrogen (secondary N) is 4. The van der Waals surface area contributed by atoms with Crippen LogP contribution in [0.25, 0.3) is 11.0 Å². The molecule has 4 amide bonds. The fraction of sp³-hybridized carbons (Fsp3) is 0.568. The predicted octanol–water partition coefficient (Wildman–Crippen LogP) is 6.22. The fourth-order valence-electron chi connectivity index (χ4n) is 6.95. The van der Waals surface area contributed by atoms with E-state index in [4.69, 9.17) is 21.3 Å². The van der Waals surface area contributed by atoms with Crippen molar-refractivity contribution >= 4 is 40.5 Å². The molecule has 0 bridgehead atoms. The Balaban J connectivity index is 1.57. The van der Waals surface area contributed by atoms with E-state index in [2.05, 4.69) is 27.9 Å². The highest BCUT2D eigenvalue weighted by molar-refractivity contribution is 6.31. The lowest BCUT2D eigenvalue weighted by molar-refractivity contribution is -0.137. The van der Waals surface area contributed by atoms with Gasteiger partial charge in [0.2, 0.25) is 11.8 Å². The molecule has 0 unspecified atom stereocenters. The summed E-state index contributed by atoms with van der Waals surface area (Å²) in [4.78, 5) is 51.0. The van der Waals surface area contributed by atoms with Crippen molar-refractivity contribution in [1.29, 1.82) is 0 Å². The topological polar surface area (TPSA) is 128 Å². The summed E-state index contributed by atoms with van der Waals surface area (Å²) in [7, 11) is 1.77. The number of rotatable bonds is 11. The third-order valence-corrected chi connectivity index (χ3v) is 10.7. The second-order valence-corrected chi connectivity index (χ2v) is 15.2. The summed E-state index contributed by atoms with van der Waals surface area (Å²) in [5, 5.41) is 9.96. The van der Waals surface area contributed by atoms with Crippen LogP contribution in [0.3, 0.4) is 0 Å². The van der Waals surface area contributed by atoms with Gasteiger partial charge in [0.1, 0.15) is 11.9 Å². The van der Waals surface area contributed by atoms with Crippen LogP contribution in [0.1, 0.15) is 96.1 Å². The van der Waals surface area contributed by atoms with Crippen molar-refractivity contribution in [2.24, 2.45) is 10.8 Å². The standard InChI is InChI=1S/C37H51ClN6O4/c1-8-39-32(45)30(35(3,4)5)43-33(46)37(18-20-48-21-19-37)23-14-15-26-27(22-23)41-31(40-26)29(42-34(47)44(7)9-2)28(36(6)16-17-36)24-12-10-11-13-25(24)38/h10-15,22,28-30H,8-9,16-21H2,1-7H3,(H,39,45)(H,40,41)(H,42,47)(H,43,46)/t28-,29-,30-/m0/s1. The number of carbonyl (C=O) groups excluding carboxylic acids is 3. The van der Waals surface area contributed by atoms with E-state index in [1.165, 1.54) is 0 Å². The number of amides is 4. The number of hydrogen-bond donors (Lipinski definition) is 4. The summed E-state index contributed by atoms with van der Waals surface area (Å²) < 4.78 is 5.72. The average molecular weight is 679 g/mol. The molecule has 5 rings (SSSR count). The molecule has 2 aliphatic rings. The van der Waals surface area contributed by atoms with Crippen molar-refractivity contribution in [1.82, 2.24) is 30.8 Å². The van der Waals surface area contributed by atoms with E-state index in [0.29, 0.717) is 50.0 Å². The van der Waals surface area contributed by atoms with Crippen molar-refractivity contribution in [3.8, 4) is 0 Å². The number of urea groups is 1. The van der Waals surface area contributed by atoms with Gasteiger partial charge in [-0.3, -0.25) is 9.59 Å². The molecule has 3 atom stereocenters. The minimum atomic E-state index is -0.896. The van der Waals surface area contributed by atoms with E-state index < -0.39 is 22.9 Å². The van der Waals surface area contributed by atoms with Gasteiger partial charge in [0.15, 0.2) is 0 Å². The van der Waals surface area contributed by atoms with Gasteiger partial charge in [0, 0.05) is 44.3 Å². The maximum Gasteiger partial charge on any atom is 0.317 e. The number of aromatic amines is 1. The molecule has 2 fully saturated rings. The Morgan fingerprint density at radius 3 is 2.33 bits per heavy atom. The maximum atomic E-state index is 14.3. The first kappa shape index (κ1) is 35.7. The lowest BCUT2D eigenvalue weighted by atomic mass is 9.72. The molecule has 3 aromatic rings. The van der Waals surface area contributed by atoms with Gasteiger partial charge < -0.3 is 30.6 Å². The van der Waals surface area contributed by atoms with E-state index in [1.54, 1.807) is 11.9 Å². The number of fused-ring (bicyclic) bond motifs is 1. The van der Waals surface area contributed by atoms with E-state index in [9.17, 15) is 14.4 Å². The van der Waals surface area contributed by atoms with Crippen molar-refractivity contribution in [2.75, 3.05) is 33.4 Å². The first-order valence-corrected chi connectivity index (χ1v) is 17.5. The summed E-state index contributed by atoms with van der Waals surface area (Å²) in [6.45, 7) is 13.8. The normalized spacial score (nSPS) is 18.8. The van der Waals surface area contributed by atoms with Crippen LogP contribution >= 0.6 is 11.6 Å². The van der Waals surface area contributed by atoms with Crippen LogP contribution in [0.4, 0.5) is 4.79 Å². The quantitative estimate of drug-likeness (QED) is 0.192. The third kappa shape index (κ3) is 7.20. The molecule has 1 saturated heterocycles. The van der Waals surface area contributed by atoms with Crippen LogP contribution in [0.2, 0.25) is 5.02 Å². The molecule has 1 aromatic heterocycles. The summed E-state index contributed by atoms with van der Waals surface area (Å²) in [5.74, 6) is 0.113. The molecule has 0 spiro atoms. The van der Waals surface area contributed by atoms with Gasteiger partial charge in [0.05, 0.1) is 22.5 Å². The summed E-state index contributed by atoms with van der Waals surface area (Å²) >= 11 is 6.82. The van der Waals surface area contributed by atoms with Crippen molar-refractivity contribution in [3.63, 3.8) is 0 Å². The van der Waals surface area contributed by atoms with Crippen LogP contribution in [-0.2, 0) is 19.7 Å². The highest BCUT2D eigenvalue weighted by Crippen LogP contribution is 2.60. The Bertz CT molecular complexity index is 1640. The zero-order valence-corrected chi connectivity index (χ0v) is 30.1. The number of likely N-dealkylation sites (N-methyl/N-ethyl adjacent to an activating group) is 1. The minimum Gasteiger partial charge on any atom is -0.381 e. The molecule has 2 heterocycles. The number of ether oxygens (including phenoxy) is 1. The molecule has 0 radical (unpaired) electrons. The molecule has 2 aromatic carbocycles. The summed E-state index contributed by atoms with van der Waals surface area (Å²) in [6.07, 6.45) is 2.97. The first-order chi connectivity index (χ1) is 22.7. The number of benzene rings is 2. The highest BCUT2D eigenvalue weighted by Gasteiger charge is 2.51. The Morgan fingerprint density at radius 1 is 1.04 bits per heavy atom. The van der Waals surface area contributed by atoms with E-state index in [0.717, 1.165) is 35.0 Å². The summed E-state index contributed by atoms with van der Waals surface area (Å²) in [5.41, 5.74) is 1.83. The number of halogens is 1. The Kier molecular flexibility index (Phi) is 10.5. The molecular formula is C37H51ClN6O4. The fourth-order valence-corrected chi connectivity index (χ4v) is 7.20. The van der Waals surface area contributed by atoms with Crippen LogP contribution in [-0.4, -0.2) is 72.1 Å². The van der Waals surface area contributed by atoms with Gasteiger partial charge in [-0.2, -0.15) is 0 Å². The number of H-pyrrole nitrogens is 1. The van der Waals surface area contributed by atoms with Crippen molar-refractivity contribution in [3.05, 3.63) is 64.4 Å². The molecule has 260 valence electrons. The molecule has 1 aliphatic carbocycles. The first-order valence-electron chi connectivity index (χ1n) is 17.2. The lowest BCUT2D eigenvalue weighted by Gasteiger charge is -2.39. The molecule has 48 heavy (non-hydrogen) atoms. The van der Waals surface area contributed by atoms with Crippen LogP contribution < -0.4 is 16.0 Å². The Morgan fingerprint density at radius 2 is 1.73 bits per heavy atom. The maximum absolute atomic E-state index is 14.3. The van der Waals surface area contributed by atoms with E-state index >= 15 is 0 Å². The number of aromatic nitrogens is 2. The van der Waals surface area contributed by atoms with Crippen molar-refractivity contribution < 1.29 is 19.1 Å². The molecule has 11 heteroatoms. The third-order valence-electron chi connectivity index (χ3n) is 10.3. The zero-order valence-electron chi connectivity index (χ0n) is 29.3. The lowest BCUT2D eigenvalue weighted by Crippen LogP contribution is -2.58. The molecule has 4 N–H and O–H groups in total. The monoisotopic (exact) mass is 678 g/mol. The number of hydrogen-bond acceptors (Lipinski definition) is 5. The average Bonchev–Trinajstić information content (AvgIpc) is 3.65. The Hall–Kier alpha value is -3.63. The predicted molar refractivity (Wildman–Crippen MR) is 189 cm³/mol. The highest BCUT2D eigenvalue weighted by atomic mass is 35.5. The van der Waals surface area contributed by atoms with Crippen molar-refractivity contribution in [2.45, 2.75) is 90.6 Å². The van der Waals surface area contributed by atoms with Crippen LogP contribution in [0.5, 0.6) is 0 Å². The SMILES string of the molecule is CCNC(=O)[C@H](NC(=O)C1(c2ccc3nc([C@@H](NC(=O)N(C)CC)[C@H](c4ccccc4Cl)C4(C)CC4)[nH]c3c2)CCOCC1)C(C)(C)C. The number of nitrogens with zero attached hydrogens (tertiary/aromatic N) is 2. The van der Waals surface area contributed by atoms with Crippen LogP contribution in [0, 0.1) is 10.8 Å². The smallest absolute Gasteiger partial charge is 0.317 e. The van der Waals surface area contributed by atoms with E-state index in [-0.39, 0.29) is 29.2 Å². The number of imidazole rings is 1. The van der Waals surface area contributed by atoms with Gasteiger partial charge in [-0.15, -0.1) is 0 Å². The largest absolute Gasteiger partial charge is 0.381 e. The van der Waals surface area contributed by atoms with Gasteiger partial charge in [-0.05, 0) is 79.7 Å². The molecule has 1 aliphatic heterocycles. The number of carbonyl (C=O) groups is 3. The van der Waals surface area contributed by atoms with Gasteiger partial charge in [-0.1, -0.05) is 63.6 Å². The Labute approximate surface area is 289 Å². The van der Waals surface area contributed by atoms with Gasteiger partial charge in [0.25, 0.3) is 0 Å². The molecular weight excluding hydrogens is 628 g/mol. The van der Waals surface area contributed by atoms with E-state index in [1.807, 2.05) is 77.1 Å². The zero-order chi connectivity index (χ0) is 34.9. The molecule has 1 saturated carbocycles. The van der Waals surface area contributed by atoms with Gasteiger partial charge in [-0.25, -0.2) is 9.78 Å².